The maximum atomic E-state index is 9.88. The van der Waals surface area contributed by atoms with Crippen molar-refractivity contribution in [1.29, 1.82) is 0 Å². The van der Waals surface area contributed by atoms with Gasteiger partial charge in [-0.05, 0) is 0 Å². The molecule has 0 aliphatic carbocycles. The second-order valence-electron chi connectivity index (χ2n) is 1.57. The molecule has 0 N–H and O–H groups in total. The van der Waals surface area contributed by atoms with Gasteiger partial charge in [-0.25, -0.2) is 0 Å². The molecule has 7 heteroatoms. The summed E-state index contributed by atoms with van der Waals surface area (Å²) >= 11 is -7.02. The molecule has 1 aliphatic rings. The second-order valence-corrected chi connectivity index (χ2v) is 3.57. The third-order valence-electron chi connectivity index (χ3n) is 0.744. The fourth-order valence-corrected chi connectivity index (χ4v) is 0.440. The molecule has 2 nitrogen and oxygen atoms in total. The molecule has 0 saturated carbocycles. The first-order chi connectivity index (χ1) is 5.00. The number of hydrogen-bond donors (Lipinski definition) is 0. The molecule has 1 fully saturated rings. The average molecular weight is 292 g/mol. The van der Waals surface area contributed by atoms with Gasteiger partial charge >= 0.3 is 32.0 Å². The Morgan fingerprint density at radius 3 is 1.00 bits per heavy atom. The van der Waals surface area contributed by atoms with Crippen molar-refractivity contribution in [2.75, 3.05) is 26.4 Å². The first-order valence-electron chi connectivity index (χ1n) is 2.77. The van der Waals surface area contributed by atoms with Crippen LogP contribution in [-0.4, -0.2) is 46.9 Å². The van der Waals surface area contributed by atoms with Gasteiger partial charge in [0.25, 0.3) is 0 Å². The summed E-state index contributed by atoms with van der Waals surface area (Å²) in [6.07, 6.45) is 0. The molecule has 1 saturated heterocycles. The van der Waals surface area contributed by atoms with Gasteiger partial charge in [0, 0.05) is 0 Å². The summed E-state index contributed by atoms with van der Waals surface area (Å²) < 4.78 is 49.4. The zero-order valence-electron chi connectivity index (χ0n) is 5.57. The van der Waals surface area contributed by atoms with Gasteiger partial charge in [0.2, 0.25) is 0 Å². The maximum absolute atomic E-state index is 9.88. The summed E-state index contributed by atoms with van der Waals surface area (Å²) in [6.45, 7) is 3.11. The number of halogens is 4. The van der Waals surface area contributed by atoms with Gasteiger partial charge in [0.1, 0.15) is 0 Å². The van der Waals surface area contributed by atoms with Crippen LogP contribution in [0, 0.1) is 0 Å². The van der Waals surface area contributed by atoms with Crippen molar-refractivity contribution in [2.24, 2.45) is 0 Å². The van der Waals surface area contributed by atoms with E-state index in [1.807, 2.05) is 0 Å². The van der Waals surface area contributed by atoms with Crippen LogP contribution >= 0.6 is 0 Å². The Labute approximate surface area is 68.4 Å². The number of ether oxygens (including phenoxy) is 2. The molecule has 0 radical (unpaired) electrons. The molecule has 0 aromatic rings. The van der Waals surface area contributed by atoms with Crippen LogP contribution < -0.4 is 0 Å². The van der Waals surface area contributed by atoms with Gasteiger partial charge in [-0.3, -0.25) is 0 Å². The van der Waals surface area contributed by atoms with E-state index in [9.17, 15) is 11.6 Å². The van der Waals surface area contributed by atoms with E-state index in [1.54, 1.807) is 0 Å². The molecular weight excluding hydrogens is 284 g/mol. The van der Waals surface area contributed by atoms with E-state index in [-0.39, 0.29) is 0 Å². The number of rotatable bonds is 0. The first-order valence-corrected chi connectivity index (χ1v) is 6.30. The molecule has 1 aliphatic heterocycles. The first kappa shape index (κ1) is 11.4. The summed E-state index contributed by atoms with van der Waals surface area (Å²) in [4.78, 5) is 0. The Morgan fingerprint density at radius 2 is 0.909 bits per heavy atom. The zero-order valence-corrected chi connectivity index (χ0v) is 7.90. The van der Waals surface area contributed by atoms with Gasteiger partial charge in [-0.15, -0.1) is 0 Å². The summed E-state index contributed by atoms with van der Waals surface area (Å²) in [6, 6.07) is 0. The number of hydrogen-bond acceptors (Lipinski definition) is 2. The monoisotopic (exact) mass is 294 g/mol. The van der Waals surface area contributed by atoms with E-state index in [0.717, 1.165) is 26.4 Å². The molecule has 1 rings (SSSR count). The molecular formula is C4H8F4O2Te. The van der Waals surface area contributed by atoms with Crippen LogP contribution in [-0.2, 0) is 9.47 Å². The van der Waals surface area contributed by atoms with Crippen molar-refractivity contribution in [3.8, 4) is 0 Å². The van der Waals surface area contributed by atoms with E-state index in [0.29, 0.717) is 0 Å². The zero-order chi connectivity index (χ0) is 8.74. The van der Waals surface area contributed by atoms with Crippen molar-refractivity contribution in [3.05, 3.63) is 0 Å². The van der Waals surface area contributed by atoms with Crippen molar-refractivity contribution in [1.82, 2.24) is 0 Å². The molecule has 0 aromatic heterocycles. The van der Waals surface area contributed by atoms with Gasteiger partial charge in [0.15, 0.2) is 0 Å². The standard InChI is InChI=1S/C4H8O2.F4Te/c1-2-6-4-3-5-1;1-5(2,3)4/h1-4H2;. The summed E-state index contributed by atoms with van der Waals surface area (Å²) in [7, 11) is 0. The molecule has 0 bridgehead atoms. The predicted molar refractivity (Wildman–Crippen MR) is 31.8 cm³/mol. The molecule has 0 aromatic carbocycles. The van der Waals surface area contributed by atoms with Crippen molar-refractivity contribution in [3.63, 3.8) is 0 Å². The Morgan fingerprint density at radius 1 is 0.727 bits per heavy atom. The summed E-state index contributed by atoms with van der Waals surface area (Å²) in [5.41, 5.74) is 0. The van der Waals surface area contributed by atoms with E-state index in [2.05, 4.69) is 0 Å². The van der Waals surface area contributed by atoms with Crippen LogP contribution in [0.4, 0.5) is 11.6 Å². The van der Waals surface area contributed by atoms with Gasteiger partial charge in [-0.1, -0.05) is 0 Å². The third kappa shape index (κ3) is 17.9. The summed E-state index contributed by atoms with van der Waals surface area (Å²) in [5.74, 6) is 0. The normalized spacial score (nSPS) is 20.0. The van der Waals surface area contributed by atoms with E-state index in [4.69, 9.17) is 9.47 Å². The van der Waals surface area contributed by atoms with E-state index >= 15 is 0 Å². The van der Waals surface area contributed by atoms with Gasteiger partial charge in [-0.2, -0.15) is 0 Å². The third-order valence-corrected chi connectivity index (χ3v) is 0.744. The van der Waals surface area contributed by atoms with E-state index in [1.165, 1.54) is 0 Å². The molecule has 70 valence electrons. The minimum atomic E-state index is -7.02. The quantitative estimate of drug-likeness (QED) is 0.495. The Bertz CT molecular complexity index is 75.1. The second kappa shape index (κ2) is 6.00. The molecule has 0 spiro atoms. The van der Waals surface area contributed by atoms with Crippen LogP contribution in [0.1, 0.15) is 0 Å². The van der Waals surface area contributed by atoms with Crippen LogP contribution in [0.25, 0.3) is 0 Å². The van der Waals surface area contributed by atoms with Crippen LogP contribution in [0.15, 0.2) is 0 Å². The SMILES string of the molecule is C1COCCO1.F[Te](F)(F)F. The minimum absolute atomic E-state index is 0.778. The molecule has 0 amide bonds. The topological polar surface area (TPSA) is 18.5 Å². The van der Waals surface area contributed by atoms with Gasteiger partial charge < -0.3 is 9.47 Å². The van der Waals surface area contributed by atoms with Crippen molar-refractivity contribution in [2.45, 2.75) is 0 Å². The summed E-state index contributed by atoms with van der Waals surface area (Å²) in [5, 5.41) is 0. The van der Waals surface area contributed by atoms with Crippen molar-refractivity contribution < 1.29 is 21.0 Å². The van der Waals surface area contributed by atoms with Gasteiger partial charge in [0.05, 0.1) is 26.4 Å². The Balaban J connectivity index is 0.000000187. The van der Waals surface area contributed by atoms with E-state index < -0.39 is 20.5 Å². The van der Waals surface area contributed by atoms with Crippen molar-refractivity contribution >= 4 is 20.5 Å². The Kier molecular flexibility index (Phi) is 6.24. The fourth-order valence-electron chi connectivity index (χ4n) is 0.440. The predicted octanol–water partition coefficient (Wildman–Crippen LogP) is 1.33. The molecule has 0 atom stereocenters. The molecule has 1 heterocycles. The fraction of sp³-hybridized carbons (Fsp3) is 1.00. The van der Waals surface area contributed by atoms with Crippen LogP contribution in [0.2, 0.25) is 0 Å². The average Bonchev–Trinajstić information content (AvgIpc) is 1.88. The molecule has 0 unspecified atom stereocenters. The molecule has 11 heavy (non-hydrogen) atoms. The van der Waals surface area contributed by atoms with Crippen LogP contribution in [0.3, 0.4) is 0 Å². The van der Waals surface area contributed by atoms with Crippen LogP contribution in [0.5, 0.6) is 0 Å². The Hall–Kier alpha value is 0.430.